The van der Waals surface area contributed by atoms with Gasteiger partial charge in [0.2, 0.25) is 0 Å². The van der Waals surface area contributed by atoms with E-state index in [1.54, 1.807) is 36.4 Å². The fraction of sp³-hybridized carbons (Fsp3) is 0.333. The number of hydrogen-bond donors (Lipinski definition) is 5. The molecule has 3 aromatic rings. The van der Waals surface area contributed by atoms with Crippen LogP contribution in [0.3, 0.4) is 0 Å². The molecule has 0 saturated heterocycles. The first-order chi connectivity index (χ1) is 17.2. The Morgan fingerprint density at radius 1 is 0.649 bits per heavy atom. The van der Waals surface area contributed by atoms with Crippen LogP contribution in [0, 0.1) is 10.8 Å². The summed E-state index contributed by atoms with van der Waals surface area (Å²) in [6.45, 7) is 13.1. The molecule has 0 aliphatic carbocycles. The van der Waals surface area contributed by atoms with Gasteiger partial charge >= 0.3 is 12.2 Å². The molecule has 0 fully saturated rings. The zero-order valence-electron chi connectivity index (χ0n) is 22.2. The molecule has 2 amide bonds. The largest absolute Gasteiger partial charge is 0.508 e. The predicted molar refractivity (Wildman–Crippen MR) is 147 cm³/mol. The Labute approximate surface area is 218 Å². The van der Waals surface area contributed by atoms with Gasteiger partial charge in [-0.1, -0.05) is 77.9 Å². The summed E-state index contributed by atoms with van der Waals surface area (Å²) in [6, 6.07) is 22.2. The maximum atomic E-state index is 11.2. The highest BCUT2D eigenvalue weighted by Gasteiger charge is 2.54. The van der Waals surface area contributed by atoms with Crippen LogP contribution in [0.5, 0.6) is 5.75 Å². The minimum absolute atomic E-state index is 0.0998. The van der Waals surface area contributed by atoms with E-state index in [0.717, 1.165) is 16.7 Å². The van der Waals surface area contributed by atoms with E-state index < -0.39 is 17.6 Å². The standard InChI is InChI=1S/C30H36N2O5/c1-28(2,3)25(19-7-17-24(33)18-8-19)30(29(4,5)6,20-9-13-22(14-10-20)31-26(34)35)21-11-15-23(16-12-21)32-27(36)37/h7-18,25,31-33H,1-6H3,(H,34,35)(H,36,37). The molecule has 0 aliphatic heterocycles. The molecule has 1 unspecified atom stereocenters. The second-order valence-electron chi connectivity index (χ2n) is 11.5. The van der Waals surface area contributed by atoms with E-state index in [0.29, 0.717) is 11.4 Å². The Morgan fingerprint density at radius 2 is 1.03 bits per heavy atom. The lowest BCUT2D eigenvalue weighted by molar-refractivity contribution is 0.116. The van der Waals surface area contributed by atoms with Crippen LogP contribution in [0.2, 0.25) is 0 Å². The van der Waals surface area contributed by atoms with E-state index in [1.807, 2.05) is 36.4 Å². The predicted octanol–water partition coefficient (Wildman–Crippen LogP) is 7.73. The molecule has 0 aliphatic rings. The first kappa shape index (κ1) is 27.6. The van der Waals surface area contributed by atoms with Crippen molar-refractivity contribution in [2.24, 2.45) is 10.8 Å². The Kier molecular flexibility index (Phi) is 7.58. The maximum Gasteiger partial charge on any atom is 0.409 e. The molecular formula is C30H36N2O5. The summed E-state index contributed by atoms with van der Waals surface area (Å²) in [5, 5.41) is 33.2. The van der Waals surface area contributed by atoms with E-state index in [4.69, 9.17) is 0 Å². The van der Waals surface area contributed by atoms with Crippen molar-refractivity contribution in [1.29, 1.82) is 0 Å². The lowest BCUT2D eigenvalue weighted by Gasteiger charge is -2.55. The van der Waals surface area contributed by atoms with Gasteiger partial charge in [-0.25, -0.2) is 9.59 Å². The Morgan fingerprint density at radius 3 is 1.32 bits per heavy atom. The smallest absolute Gasteiger partial charge is 0.409 e. The summed E-state index contributed by atoms with van der Waals surface area (Å²) in [5.74, 6) is 0.0862. The molecule has 3 rings (SSSR count). The van der Waals surface area contributed by atoms with Gasteiger partial charge in [-0.05, 0) is 63.9 Å². The quantitative estimate of drug-likeness (QED) is 0.235. The minimum Gasteiger partial charge on any atom is -0.508 e. The van der Waals surface area contributed by atoms with E-state index >= 15 is 0 Å². The molecule has 7 heteroatoms. The summed E-state index contributed by atoms with van der Waals surface area (Å²) >= 11 is 0. The van der Waals surface area contributed by atoms with Crippen LogP contribution in [-0.4, -0.2) is 27.5 Å². The SMILES string of the molecule is CC(C)(C)C(c1ccc(O)cc1)C(c1ccc(NC(=O)O)cc1)(c1ccc(NC(=O)O)cc1)C(C)(C)C. The highest BCUT2D eigenvalue weighted by molar-refractivity contribution is 5.83. The molecule has 3 aromatic carbocycles. The fourth-order valence-electron chi connectivity index (χ4n) is 5.75. The molecule has 196 valence electrons. The van der Waals surface area contributed by atoms with Gasteiger partial charge in [0.1, 0.15) is 5.75 Å². The Balaban J connectivity index is 2.40. The second kappa shape index (κ2) is 10.2. The molecule has 0 heterocycles. The highest BCUT2D eigenvalue weighted by atomic mass is 16.4. The molecule has 0 radical (unpaired) electrons. The lowest BCUT2D eigenvalue weighted by Crippen LogP contribution is -2.50. The average Bonchev–Trinajstić information content (AvgIpc) is 2.77. The van der Waals surface area contributed by atoms with Crippen molar-refractivity contribution in [2.75, 3.05) is 10.6 Å². The third-order valence-corrected chi connectivity index (χ3v) is 6.89. The van der Waals surface area contributed by atoms with Crippen molar-refractivity contribution in [3.05, 3.63) is 89.5 Å². The zero-order valence-corrected chi connectivity index (χ0v) is 22.2. The maximum absolute atomic E-state index is 11.2. The first-order valence-corrected chi connectivity index (χ1v) is 12.2. The topological polar surface area (TPSA) is 119 Å². The summed E-state index contributed by atoms with van der Waals surface area (Å²) in [4.78, 5) is 22.4. The summed E-state index contributed by atoms with van der Waals surface area (Å²) < 4.78 is 0. The number of anilines is 2. The monoisotopic (exact) mass is 504 g/mol. The van der Waals surface area contributed by atoms with Crippen LogP contribution in [0.25, 0.3) is 0 Å². The molecule has 0 aromatic heterocycles. The van der Waals surface area contributed by atoms with Gasteiger partial charge in [-0.2, -0.15) is 0 Å². The van der Waals surface area contributed by atoms with Gasteiger partial charge in [-0.3, -0.25) is 10.6 Å². The normalized spacial score (nSPS) is 13.0. The summed E-state index contributed by atoms with van der Waals surface area (Å²) in [6.07, 6.45) is -2.26. The van der Waals surface area contributed by atoms with E-state index in [2.05, 4.69) is 52.2 Å². The molecule has 1 atom stereocenters. The third-order valence-electron chi connectivity index (χ3n) is 6.89. The summed E-state index contributed by atoms with van der Waals surface area (Å²) in [5.41, 5.74) is 2.68. The van der Waals surface area contributed by atoms with Crippen LogP contribution in [0.4, 0.5) is 21.0 Å². The first-order valence-electron chi connectivity index (χ1n) is 12.2. The van der Waals surface area contributed by atoms with Gasteiger partial charge in [0, 0.05) is 22.7 Å². The number of phenols is 1. The van der Waals surface area contributed by atoms with Crippen molar-refractivity contribution in [3.63, 3.8) is 0 Å². The number of aromatic hydroxyl groups is 1. The van der Waals surface area contributed by atoms with E-state index in [9.17, 15) is 24.9 Å². The van der Waals surface area contributed by atoms with E-state index in [1.165, 1.54) is 0 Å². The van der Waals surface area contributed by atoms with Gasteiger partial charge in [0.15, 0.2) is 0 Å². The number of amides is 2. The van der Waals surface area contributed by atoms with Crippen molar-refractivity contribution < 1.29 is 24.9 Å². The Hall–Kier alpha value is -4.00. The number of carbonyl (C=O) groups is 2. The molecular weight excluding hydrogens is 468 g/mol. The summed E-state index contributed by atoms with van der Waals surface area (Å²) in [7, 11) is 0. The molecule has 0 spiro atoms. The molecule has 37 heavy (non-hydrogen) atoms. The van der Waals surface area contributed by atoms with Gasteiger partial charge in [0.05, 0.1) is 0 Å². The van der Waals surface area contributed by atoms with Crippen molar-refractivity contribution in [3.8, 4) is 5.75 Å². The third kappa shape index (κ3) is 5.71. The molecule has 0 bridgehead atoms. The van der Waals surface area contributed by atoms with Crippen LogP contribution in [-0.2, 0) is 5.41 Å². The lowest BCUT2D eigenvalue weighted by atomic mass is 9.47. The number of rotatable bonds is 6. The number of benzene rings is 3. The number of phenolic OH excluding ortho intramolecular Hbond substituents is 1. The zero-order chi connectivity index (χ0) is 27.6. The van der Waals surface area contributed by atoms with Gasteiger partial charge in [0.25, 0.3) is 0 Å². The highest BCUT2D eigenvalue weighted by Crippen LogP contribution is 2.61. The minimum atomic E-state index is -1.13. The number of nitrogens with one attached hydrogen (secondary N) is 2. The van der Waals surface area contributed by atoms with Crippen molar-refractivity contribution in [2.45, 2.75) is 52.9 Å². The van der Waals surface area contributed by atoms with Crippen LogP contribution < -0.4 is 10.6 Å². The average molecular weight is 505 g/mol. The van der Waals surface area contributed by atoms with E-state index in [-0.39, 0.29) is 22.5 Å². The molecule has 5 N–H and O–H groups in total. The van der Waals surface area contributed by atoms with Crippen LogP contribution >= 0.6 is 0 Å². The van der Waals surface area contributed by atoms with Gasteiger partial charge < -0.3 is 15.3 Å². The molecule has 0 saturated carbocycles. The number of carboxylic acid groups (broad SMARTS) is 2. The van der Waals surface area contributed by atoms with Crippen LogP contribution in [0.1, 0.15) is 64.2 Å². The van der Waals surface area contributed by atoms with Gasteiger partial charge in [-0.15, -0.1) is 0 Å². The van der Waals surface area contributed by atoms with Crippen LogP contribution in [0.15, 0.2) is 72.8 Å². The molecule has 7 nitrogen and oxygen atoms in total. The number of hydrogen-bond acceptors (Lipinski definition) is 3. The van der Waals surface area contributed by atoms with Crippen molar-refractivity contribution in [1.82, 2.24) is 0 Å². The van der Waals surface area contributed by atoms with Crippen molar-refractivity contribution >= 4 is 23.6 Å². The Bertz CT molecular complexity index is 1180. The fourth-order valence-corrected chi connectivity index (χ4v) is 5.75. The second-order valence-corrected chi connectivity index (χ2v) is 11.5.